The lowest BCUT2D eigenvalue weighted by Gasteiger charge is -2.29. The van der Waals surface area contributed by atoms with Crippen LogP contribution in [0, 0.1) is 0 Å². The van der Waals surface area contributed by atoms with Gasteiger partial charge in [-0.2, -0.15) is 10.2 Å². The molecule has 0 atom stereocenters. The molecule has 0 fully saturated rings. The van der Waals surface area contributed by atoms with E-state index in [1.807, 2.05) is 12.3 Å². The molecule has 1 aliphatic heterocycles. The van der Waals surface area contributed by atoms with E-state index in [9.17, 15) is 0 Å². The summed E-state index contributed by atoms with van der Waals surface area (Å²) in [6.45, 7) is 10.9. The van der Waals surface area contributed by atoms with Crippen molar-refractivity contribution >= 4 is 17.0 Å². The third-order valence-corrected chi connectivity index (χ3v) is 7.02. The van der Waals surface area contributed by atoms with Crippen LogP contribution < -0.4 is 4.74 Å². The van der Waals surface area contributed by atoms with Gasteiger partial charge in [0.2, 0.25) is 0 Å². The first-order chi connectivity index (χ1) is 15.0. The minimum atomic E-state index is 0.272. The Morgan fingerprint density at radius 3 is 2.81 bits per heavy atom. The summed E-state index contributed by atoms with van der Waals surface area (Å²) in [5.74, 6) is 0.946. The Hall–Kier alpha value is -2.78. The first-order valence-electron chi connectivity index (χ1n) is 10.6. The molecule has 0 aliphatic carbocycles. The highest BCUT2D eigenvalue weighted by Crippen LogP contribution is 2.39. The zero-order valence-corrected chi connectivity index (χ0v) is 19.3. The number of nitrogens with one attached hydrogen (secondary N) is 1. The molecule has 0 saturated heterocycles. The van der Waals surface area contributed by atoms with Crippen LogP contribution in [0.2, 0.25) is 0 Å². The van der Waals surface area contributed by atoms with Gasteiger partial charge >= 0.3 is 0 Å². The van der Waals surface area contributed by atoms with Crippen molar-refractivity contribution in [1.29, 1.82) is 0 Å². The molecule has 0 radical (unpaired) electrons. The molecule has 0 amide bonds. The average molecular weight is 438 g/mol. The largest absolute Gasteiger partial charge is 0.493 e. The van der Waals surface area contributed by atoms with Crippen molar-refractivity contribution in [1.82, 2.24) is 34.7 Å². The van der Waals surface area contributed by atoms with E-state index >= 15 is 0 Å². The molecule has 0 aromatic carbocycles. The van der Waals surface area contributed by atoms with Crippen LogP contribution in [0.25, 0.3) is 27.6 Å². The predicted octanol–water partition coefficient (Wildman–Crippen LogP) is 4.14. The molecule has 1 aliphatic rings. The molecular weight excluding hydrogens is 410 g/mol. The van der Waals surface area contributed by atoms with Gasteiger partial charge in [-0.05, 0) is 25.8 Å². The molecule has 1 N–H and O–H groups in total. The molecular formula is C22H27N7OS. The first-order valence-corrected chi connectivity index (χ1v) is 11.5. The topological polar surface area (TPSA) is 84.2 Å². The Balaban J connectivity index is 1.59. The summed E-state index contributed by atoms with van der Waals surface area (Å²) in [6.07, 6.45) is 4.48. The van der Waals surface area contributed by atoms with E-state index < -0.39 is 0 Å². The monoisotopic (exact) mass is 437 g/mol. The maximum atomic E-state index is 5.55. The fraction of sp³-hybridized carbons (Fsp3) is 0.455. The fourth-order valence-electron chi connectivity index (χ4n) is 4.23. The van der Waals surface area contributed by atoms with Crippen LogP contribution in [-0.2, 0) is 13.0 Å². The fourth-order valence-corrected chi connectivity index (χ4v) is 5.38. The van der Waals surface area contributed by atoms with Crippen LogP contribution in [-0.4, -0.2) is 54.4 Å². The van der Waals surface area contributed by atoms with Crippen LogP contribution in [0.1, 0.15) is 49.7 Å². The second-order valence-electron chi connectivity index (χ2n) is 8.54. The highest BCUT2D eigenvalue weighted by molar-refractivity contribution is 7.15. The quantitative estimate of drug-likeness (QED) is 0.505. The number of aromatic nitrogens is 6. The van der Waals surface area contributed by atoms with Gasteiger partial charge in [-0.3, -0.25) is 10.00 Å². The Bertz CT molecular complexity index is 1240. The predicted molar refractivity (Wildman–Crippen MR) is 122 cm³/mol. The van der Waals surface area contributed by atoms with Crippen molar-refractivity contribution in [2.45, 2.75) is 52.6 Å². The van der Waals surface area contributed by atoms with Crippen LogP contribution in [0.3, 0.4) is 0 Å². The van der Waals surface area contributed by atoms with Gasteiger partial charge in [-0.1, -0.05) is 13.8 Å². The van der Waals surface area contributed by atoms with Gasteiger partial charge in [0.25, 0.3) is 0 Å². The lowest BCUT2D eigenvalue weighted by Crippen LogP contribution is -2.35. The number of rotatable bonds is 5. The number of ether oxygens (including phenoxy) is 1. The minimum absolute atomic E-state index is 0.272. The van der Waals surface area contributed by atoms with Crippen molar-refractivity contribution in [2.75, 3.05) is 13.7 Å². The summed E-state index contributed by atoms with van der Waals surface area (Å²) < 4.78 is 7.28. The highest BCUT2D eigenvalue weighted by atomic mass is 32.1. The van der Waals surface area contributed by atoms with Crippen LogP contribution >= 0.6 is 11.3 Å². The summed E-state index contributed by atoms with van der Waals surface area (Å²) in [7, 11) is 1.65. The summed E-state index contributed by atoms with van der Waals surface area (Å²) in [6, 6.07) is 2.52. The summed E-state index contributed by atoms with van der Waals surface area (Å²) in [4.78, 5) is 13.2. The second-order valence-corrected chi connectivity index (χ2v) is 9.63. The molecule has 5 heterocycles. The van der Waals surface area contributed by atoms with E-state index in [1.165, 1.54) is 16.9 Å². The van der Waals surface area contributed by atoms with E-state index in [1.54, 1.807) is 23.0 Å². The van der Waals surface area contributed by atoms with Gasteiger partial charge in [0.05, 0.1) is 24.2 Å². The van der Waals surface area contributed by atoms with Gasteiger partial charge < -0.3 is 4.74 Å². The molecule has 31 heavy (non-hydrogen) atoms. The zero-order chi connectivity index (χ0) is 21.7. The van der Waals surface area contributed by atoms with Gasteiger partial charge in [0.1, 0.15) is 11.3 Å². The molecule has 0 unspecified atom stereocenters. The van der Waals surface area contributed by atoms with Crippen LogP contribution in [0.15, 0.2) is 18.6 Å². The number of pyridine rings is 1. The molecule has 0 spiro atoms. The number of H-pyrrole nitrogens is 1. The number of fused-ring (bicyclic) bond motifs is 2. The molecule has 162 valence electrons. The van der Waals surface area contributed by atoms with E-state index in [-0.39, 0.29) is 5.92 Å². The lowest BCUT2D eigenvalue weighted by molar-refractivity contribution is 0.205. The summed E-state index contributed by atoms with van der Waals surface area (Å²) in [5, 5.41) is 13.3. The van der Waals surface area contributed by atoms with Gasteiger partial charge in [0, 0.05) is 47.8 Å². The third-order valence-electron chi connectivity index (χ3n) is 5.92. The van der Waals surface area contributed by atoms with Crippen molar-refractivity contribution in [3.8, 4) is 27.7 Å². The molecule has 8 nitrogen and oxygen atoms in total. The van der Waals surface area contributed by atoms with Crippen LogP contribution in [0.5, 0.6) is 5.75 Å². The number of nitrogens with zero attached hydrogens (tertiary/aromatic N) is 6. The highest BCUT2D eigenvalue weighted by Gasteiger charge is 2.26. The summed E-state index contributed by atoms with van der Waals surface area (Å²) >= 11 is 1.78. The van der Waals surface area contributed by atoms with Crippen molar-refractivity contribution in [3.63, 3.8) is 0 Å². The maximum Gasteiger partial charge on any atom is 0.197 e. The van der Waals surface area contributed by atoms with E-state index in [4.69, 9.17) is 14.8 Å². The Morgan fingerprint density at radius 2 is 2.06 bits per heavy atom. The third kappa shape index (κ3) is 3.41. The molecule has 0 saturated carbocycles. The van der Waals surface area contributed by atoms with Gasteiger partial charge in [-0.15, -0.1) is 11.3 Å². The van der Waals surface area contributed by atoms with Gasteiger partial charge in [-0.25, -0.2) is 14.5 Å². The average Bonchev–Trinajstić information content (AvgIpc) is 3.48. The maximum absolute atomic E-state index is 5.55. The summed E-state index contributed by atoms with van der Waals surface area (Å²) in [5.41, 5.74) is 5.93. The SMILES string of the molecule is COc1cc(-c2n[nH]c(-c3nc4c(s3)CN(C(C)C)CC4)c2C(C)C)cn2ncnc12. The van der Waals surface area contributed by atoms with Gasteiger partial charge in [0.15, 0.2) is 11.4 Å². The van der Waals surface area contributed by atoms with E-state index in [0.717, 1.165) is 47.0 Å². The first kappa shape index (κ1) is 20.1. The molecule has 9 heteroatoms. The number of methoxy groups -OCH3 is 1. The lowest BCUT2D eigenvalue weighted by atomic mass is 9.97. The number of thiazole rings is 1. The number of hydrogen-bond acceptors (Lipinski definition) is 7. The van der Waals surface area contributed by atoms with E-state index in [0.29, 0.717) is 17.4 Å². The molecule has 4 aromatic rings. The second kappa shape index (κ2) is 7.72. The number of aromatic amines is 1. The van der Waals surface area contributed by atoms with Crippen molar-refractivity contribution in [2.24, 2.45) is 0 Å². The minimum Gasteiger partial charge on any atom is -0.493 e. The molecule has 0 bridgehead atoms. The smallest absolute Gasteiger partial charge is 0.197 e. The number of hydrogen-bond donors (Lipinski definition) is 1. The molecule has 4 aromatic heterocycles. The Labute approximate surface area is 185 Å². The van der Waals surface area contributed by atoms with Crippen molar-refractivity contribution < 1.29 is 4.74 Å². The zero-order valence-electron chi connectivity index (χ0n) is 18.5. The van der Waals surface area contributed by atoms with E-state index in [2.05, 4.69) is 47.8 Å². The van der Waals surface area contributed by atoms with Crippen molar-refractivity contribution in [3.05, 3.63) is 34.7 Å². The van der Waals surface area contributed by atoms with Crippen LogP contribution in [0.4, 0.5) is 0 Å². The standard InChI is InChI=1S/C22H27N7OS/c1-12(2)18-19(14-8-16(30-5)21-23-11-24-29(21)9-14)26-27-20(18)22-25-15-6-7-28(13(3)4)10-17(15)31-22/h8-9,11-13H,6-7,10H2,1-5H3,(H,26,27). The Morgan fingerprint density at radius 1 is 1.23 bits per heavy atom. The molecule has 5 rings (SSSR count). The Kier molecular flexibility index (Phi) is 5.02. The normalized spacial score (nSPS) is 14.7.